The van der Waals surface area contributed by atoms with Crippen LogP contribution < -0.4 is 5.43 Å². The molecule has 1 heterocycles. The van der Waals surface area contributed by atoms with Crippen LogP contribution in [0.25, 0.3) is 22.3 Å². The molecule has 3 aromatic rings. The number of rotatable bonds is 3. The Morgan fingerprint density at radius 2 is 1.46 bits per heavy atom. The fourth-order valence-corrected chi connectivity index (χ4v) is 3.54. The molecule has 0 bridgehead atoms. The van der Waals surface area contributed by atoms with Crippen molar-refractivity contribution in [2.24, 2.45) is 10.3 Å². The van der Waals surface area contributed by atoms with Crippen molar-refractivity contribution in [1.82, 2.24) is 5.43 Å². The summed E-state index contributed by atoms with van der Waals surface area (Å²) in [5.74, 6) is -0.192. The van der Waals surface area contributed by atoms with Crippen LogP contribution in [0.5, 0.6) is 0 Å². The van der Waals surface area contributed by atoms with E-state index in [4.69, 9.17) is 0 Å². The Kier molecular flexibility index (Phi) is 4.55. The van der Waals surface area contributed by atoms with Crippen molar-refractivity contribution in [2.45, 2.75) is 32.2 Å². The van der Waals surface area contributed by atoms with Crippen molar-refractivity contribution in [1.29, 1.82) is 0 Å². The number of hydrogen-bond acceptors (Lipinski definition) is 3. The quantitative estimate of drug-likeness (QED) is 0.618. The molecule has 0 fully saturated rings. The summed E-state index contributed by atoms with van der Waals surface area (Å²) in [5.41, 5.74) is 8.77. The molecule has 28 heavy (non-hydrogen) atoms. The molecule has 1 atom stereocenters. The van der Waals surface area contributed by atoms with E-state index in [1.54, 1.807) is 0 Å². The zero-order valence-corrected chi connectivity index (χ0v) is 16.3. The first-order chi connectivity index (χ1) is 13.4. The van der Waals surface area contributed by atoms with Gasteiger partial charge in [0.05, 0.1) is 0 Å². The van der Waals surface area contributed by atoms with Gasteiger partial charge in [-0.1, -0.05) is 92.7 Å². The molecule has 1 aliphatic heterocycles. The smallest absolute Gasteiger partial charge is 0.270 e. The van der Waals surface area contributed by atoms with E-state index in [-0.39, 0.29) is 11.3 Å². The molecule has 1 amide bonds. The molecule has 4 heteroatoms. The minimum atomic E-state index is -0.639. The van der Waals surface area contributed by atoms with Gasteiger partial charge in [-0.25, -0.2) is 5.43 Å². The number of nitrogens with one attached hydrogen (secondary N) is 1. The van der Waals surface area contributed by atoms with Crippen LogP contribution in [0.2, 0.25) is 0 Å². The zero-order valence-electron chi connectivity index (χ0n) is 16.3. The molecule has 0 saturated heterocycles. The van der Waals surface area contributed by atoms with Gasteiger partial charge >= 0.3 is 0 Å². The maximum Gasteiger partial charge on any atom is 0.272 e. The summed E-state index contributed by atoms with van der Waals surface area (Å²) >= 11 is 0. The molecular weight excluding hydrogens is 346 g/mol. The van der Waals surface area contributed by atoms with Crippen LogP contribution in [-0.4, -0.2) is 5.91 Å². The molecule has 3 aromatic carbocycles. The predicted molar refractivity (Wildman–Crippen MR) is 112 cm³/mol. The Bertz CT molecular complexity index is 1030. The van der Waals surface area contributed by atoms with Gasteiger partial charge in [0.25, 0.3) is 5.91 Å². The SMILES string of the molecule is CC(C)(C)c1cc(-c2ccccc2)c(-c2ccccc2)c(C2N=NNC2=O)c1. The van der Waals surface area contributed by atoms with Gasteiger partial charge in [-0.15, -0.1) is 0 Å². The van der Waals surface area contributed by atoms with E-state index in [0.717, 1.165) is 33.4 Å². The van der Waals surface area contributed by atoms with Gasteiger partial charge in [0, 0.05) is 0 Å². The van der Waals surface area contributed by atoms with Crippen molar-refractivity contribution in [3.63, 3.8) is 0 Å². The van der Waals surface area contributed by atoms with E-state index in [1.165, 1.54) is 0 Å². The van der Waals surface area contributed by atoms with Crippen molar-refractivity contribution >= 4 is 5.91 Å². The van der Waals surface area contributed by atoms with Crippen LogP contribution in [0.15, 0.2) is 83.1 Å². The molecule has 1 N–H and O–H groups in total. The summed E-state index contributed by atoms with van der Waals surface area (Å²) in [6.45, 7) is 6.54. The van der Waals surface area contributed by atoms with Crippen LogP contribution in [0.4, 0.5) is 0 Å². The van der Waals surface area contributed by atoms with Gasteiger partial charge in [0.1, 0.15) is 0 Å². The van der Waals surface area contributed by atoms with Crippen LogP contribution in [0.1, 0.15) is 37.9 Å². The number of amides is 1. The highest BCUT2D eigenvalue weighted by atomic mass is 16.2. The van der Waals surface area contributed by atoms with E-state index in [1.807, 2.05) is 36.4 Å². The molecule has 0 saturated carbocycles. The van der Waals surface area contributed by atoms with Gasteiger partial charge in [0.2, 0.25) is 0 Å². The van der Waals surface area contributed by atoms with E-state index in [2.05, 4.69) is 72.9 Å². The Hall–Kier alpha value is -3.27. The van der Waals surface area contributed by atoms with Gasteiger partial charge in [-0.05, 0) is 44.9 Å². The van der Waals surface area contributed by atoms with Crippen molar-refractivity contribution in [2.75, 3.05) is 0 Å². The van der Waals surface area contributed by atoms with Crippen LogP contribution >= 0.6 is 0 Å². The summed E-state index contributed by atoms with van der Waals surface area (Å²) in [4.78, 5) is 12.5. The average Bonchev–Trinajstić information content (AvgIpc) is 3.13. The lowest BCUT2D eigenvalue weighted by Crippen LogP contribution is -2.19. The second-order valence-corrected chi connectivity index (χ2v) is 8.06. The first kappa shape index (κ1) is 18.1. The molecular formula is C24H23N3O. The Balaban J connectivity index is 2.08. The highest BCUT2D eigenvalue weighted by Gasteiger charge is 2.31. The van der Waals surface area contributed by atoms with Crippen molar-refractivity contribution in [3.8, 4) is 22.3 Å². The highest BCUT2D eigenvalue weighted by Crippen LogP contribution is 2.42. The van der Waals surface area contributed by atoms with Crippen LogP contribution in [0, 0.1) is 0 Å². The third kappa shape index (κ3) is 3.33. The van der Waals surface area contributed by atoms with Crippen LogP contribution in [-0.2, 0) is 10.2 Å². The third-order valence-corrected chi connectivity index (χ3v) is 5.06. The maximum atomic E-state index is 12.5. The van der Waals surface area contributed by atoms with E-state index in [9.17, 15) is 4.79 Å². The zero-order chi connectivity index (χ0) is 19.7. The summed E-state index contributed by atoms with van der Waals surface area (Å²) in [6, 6.07) is 24.2. The third-order valence-electron chi connectivity index (χ3n) is 5.06. The van der Waals surface area contributed by atoms with Gasteiger partial charge in [0.15, 0.2) is 6.04 Å². The lowest BCUT2D eigenvalue weighted by Gasteiger charge is -2.25. The normalized spacial score (nSPS) is 16.2. The Morgan fingerprint density at radius 1 is 0.857 bits per heavy atom. The van der Waals surface area contributed by atoms with Crippen molar-refractivity contribution < 1.29 is 4.79 Å². The molecule has 4 rings (SSSR count). The lowest BCUT2D eigenvalue weighted by molar-refractivity contribution is -0.120. The van der Waals surface area contributed by atoms with Crippen molar-refractivity contribution in [3.05, 3.63) is 83.9 Å². The van der Waals surface area contributed by atoms with Crippen LogP contribution in [0.3, 0.4) is 0 Å². The summed E-state index contributed by atoms with van der Waals surface area (Å²) < 4.78 is 0. The minimum Gasteiger partial charge on any atom is -0.270 e. The largest absolute Gasteiger partial charge is 0.272 e. The second-order valence-electron chi connectivity index (χ2n) is 8.06. The number of carbonyl (C=O) groups excluding carboxylic acids is 1. The van der Waals surface area contributed by atoms with Gasteiger partial charge < -0.3 is 0 Å². The number of carbonyl (C=O) groups is 1. The molecule has 1 unspecified atom stereocenters. The van der Waals surface area contributed by atoms with E-state index < -0.39 is 6.04 Å². The van der Waals surface area contributed by atoms with Gasteiger partial charge in [-0.3, -0.25) is 4.79 Å². The minimum absolute atomic E-state index is 0.0697. The molecule has 140 valence electrons. The fraction of sp³-hybridized carbons (Fsp3) is 0.208. The topological polar surface area (TPSA) is 53.8 Å². The number of benzene rings is 3. The number of hydrogen-bond donors (Lipinski definition) is 1. The Morgan fingerprint density at radius 3 is 2.00 bits per heavy atom. The molecule has 1 aliphatic rings. The first-order valence-electron chi connectivity index (χ1n) is 9.44. The molecule has 4 nitrogen and oxygen atoms in total. The maximum absolute atomic E-state index is 12.5. The van der Waals surface area contributed by atoms with E-state index in [0.29, 0.717) is 0 Å². The highest BCUT2D eigenvalue weighted by molar-refractivity contribution is 5.92. The van der Waals surface area contributed by atoms with E-state index >= 15 is 0 Å². The second kappa shape index (κ2) is 7.04. The molecule has 0 aromatic heterocycles. The van der Waals surface area contributed by atoms with Gasteiger partial charge in [-0.2, -0.15) is 5.11 Å². The molecule has 0 aliphatic carbocycles. The number of nitrogens with zero attached hydrogens (tertiary/aromatic N) is 2. The predicted octanol–water partition coefficient (Wildman–Crippen LogP) is 5.86. The average molecular weight is 369 g/mol. The fourth-order valence-electron chi connectivity index (χ4n) is 3.54. The lowest BCUT2D eigenvalue weighted by atomic mass is 9.79. The molecule has 0 radical (unpaired) electrons. The monoisotopic (exact) mass is 369 g/mol. The summed E-state index contributed by atoms with van der Waals surface area (Å²) in [7, 11) is 0. The first-order valence-corrected chi connectivity index (χ1v) is 9.44. The summed E-state index contributed by atoms with van der Waals surface area (Å²) in [6.07, 6.45) is 0. The molecule has 0 spiro atoms. The Labute approximate surface area is 165 Å². The standard InChI is InChI=1S/C24H23N3O/c1-24(2,3)18-14-19(16-10-6-4-7-11-16)21(17-12-8-5-9-13-17)20(15-18)22-23(28)26-27-25-22/h4-15,22H,1-3H3,(H,25,26,28). The summed E-state index contributed by atoms with van der Waals surface area (Å²) in [5, 5.41) is 7.97.